The number of aliphatic imine (C=N–C) groups is 1. The van der Waals surface area contributed by atoms with E-state index in [-0.39, 0.29) is 0 Å². The van der Waals surface area contributed by atoms with Gasteiger partial charge < -0.3 is 19.8 Å². The average Bonchev–Trinajstić information content (AvgIpc) is 3.27. The molecule has 0 amide bonds. The molecular formula is C18H26N6. The highest BCUT2D eigenvalue weighted by molar-refractivity contribution is 5.87. The van der Waals surface area contributed by atoms with Crippen molar-refractivity contribution >= 4 is 23.1 Å². The third-order valence-corrected chi connectivity index (χ3v) is 5.77. The molecule has 0 radical (unpaired) electrons. The van der Waals surface area contributed by atoms with Crippen LogP contribution in [0.25, 0.3) is 11.0 Å². The lowest BCUT2D eigenvalue weighted by molar-refractivity contribution is 0.315. The highest BCUT2D eigenvalue weighted by Gasteiger charge is 2.42. The summed E-state index contributed by atoms with van der Waals surface area (Å²) in [5, 5.41) is 1.12. The van der Waals surface area contributed by atoms with Gasteiger partial charge in [-0.05, 0) is 43.4 Å². The molecule has 4 rings (SSSR count). The van der Waals surface area contributed by atoms with Crippen LogP contribution in [-0.2, 0) is 0 Å². The third kappa shape index (κ3) is 2.79. The van der Waals surface area contributed by atoms with Crippen molar-refractivity contribution < 1.29 is 0 Å². The van der Waals surface area contributed by atoms with Gasteiger partial charge in [-0.25, -0.2) is 9.97 Å². The molecule has 1 saturated heterocycles. The predicted octanol–water partition coefficient (Wildman–Crippen LogP) is 2.20. The molecule has 1 aliphatic heterocycles. The number of hydrogen-bond acceptors (Lipinski definition) is 5. The third-order valence-electron chi connectivity index (χ3n) is 5.77. The monoisotopic (exact) mass is 326 g/mol. The Kier molecular flexibility index (Phi) is 4.22. The first-order valence-corrected chi connectivity index (χ1v) is 8.90. The average molecular weight is 326 g/mol. The zero-order valence-corrected chi connectivity index (χ0v) is 14.5. The minimum absolute atomic E-state index is 0.590. The molecule has 6 nitrogen and oxygen atoms in total. The second-order valence-corrected chi connectivity index (χ2v) is 7.18. The zero-order valence-electron chi connectivity index (χ0n) is 14.5. The summed E-state index contributed by atoms with van der Waals surface area (Å²) < 4.78 is 0. The molecular weight excluding hydrogens is 300 g/mol. The lowest BCUT2D eigenvalue weighted by Crippen LogP contribution is -2.33. The minimum Gasteiger partial charge on any atom is -0.356 e. The van der Waals surface area contributed by atoms with E-state index in [4.69, 9.17) is 0 Å². The van der Waals surface area contributed by atoms with Crippen LogP contribution in [0.15, 0.2) is 23.6 Å². The van der Waals surface area contributed by atoms with Crippen molar-refractivity contribution in [1.82, 2.24) is 19.9 Å². The maximum Gasteiger partial charge on any atom is 0.142 e. The second-order valence-electron chi connectivity index (χ2n) is 7.18. The smallest absolute Gasteiger partial charge is 0.142 e. The number of H-pyrrole nitrogens is 1. The zero-order chi connectivity index (χ0) is 16.5. The molecule has 1 aliphatic carbocycles. The van der Waals surface area contributed by atoms with Crippen molar-refractivity contribution in [3.8, 4) is 0 Å². The lowest BCUT2D eigenvalue weighted by atomic mass is 10.0. The number of aromatic amines is 1. The first-order chi connectivity index (χ1) is 11.8. The largest absolute Gasteiger partial charge is 0.356 e. The van der Waals surface area contributed by atoms with Crippen molar-refractivity contribution in [2.75, 3.05) is 38.6 Å². The van der Waals surface area contributed by atoms with Gasteiger partial charge in [0.2, 0.25) is 0 Å². The molecule has 1 saturated carbocycles. The van der Waals surface area contributed by atoms with Crippen molar-refractivity contribution in [3.63, 3.8) is 0 Å². The number of likely N-dealkylation sites (tertiary alicyclic amines) is 1. The van der Waals surface area contributed by atoms with Gasteiger partial charge in [-0.1, -0.05) is 0 Å². The van der Waals surface area contributed by atoms with Crippen LogP contribution >= 0.6 is 0 Å². The SMILES string of the molecule is C/N=C/CCN1C[C@H]2C[C@@H](N(C)c3ncnc4[nH]ccc34)C[C@H]2C1. The molecule has 2 aromatic heterocycles. The number of nitrogens with one attached hydrogen (secondary N) is 1. The number of fused-ring (bicyclic) bond motifs is 2. The van der Waals surface area contributed by atoms with E-state index in [9.17, 15) is 0 Å². The molecule has 3 heterocycles. The van der Waals surface area contributed by atoms with E-state index in [0.717, 1.165) is 41.7 Å². The lowest BCUT2D eigenvalue weighted by Gasteiger charge is -2.27. The van der Waals surface area contributed by atoms with E-state index in [1.54, 1.807) is 6.33 Å². The first kappa shape index (κ1) is 15.6. The van der Waals surface area contributed by atoms with Gasteiger partial charge in [0.15, 0.2) is 0 Å². The van der Waals surface area contributed by atoms with Crippen LogP contribution in [0.3, 0.4) is 0 Å². The fraction of sp³-hybridized carbons (Fsp3) is 0.611. The Hall–Kier alpha value is -1.95. The molecule has 1 N–H and O–H groups in total. The molecule has 24 heavy (non-hydrogen) atoms. The molecule has 2 aliphatic rings. The Labute approximate surface area is 143 Å². The van der Waals surface area contributed by atoms with Crippen LogP contribution in [-0.4, -0.2) is 65.8 Å². The van der Waals surface area contributed by atoms with E-state index in [1.807, 2.05) is 19.5 Å². The van der Waals surface area contributed by atoms with Crippen molar-refractivity contribution in [3.05, 3.63) is 18.6 Å². The number of hydrogen-bond donors (Lipinski definition) is 1. The van der Waals surface area contributed by atoms with Gasteiger partial charge in [0.25, 0.3) is 0 Å². The van der Waals surface area contributed by atoms with Crippen LogP contribution in [0, 0.1) is 11.8 Å². The molecule has 0 bridgehead atoms. The van der Waals surface area contributed by atoms with Crippen molar-refractivity contribution in [2.24, 2.45) is 16.8 Å². The number of nitrogens with zero attached hydrogens (tertiary/aromatic N) is 5. The molecule has 128 valence electrons. The van der Waals surface area contributed by atoms with Gasteiger partial charge in [0.05, 0.1) is 5.39 Å². The summed E-state index contributed by atoms with van der Waals surface area (Å²) in [7, 11) is 4.05. The van der Waals surface area contributed by atoms with Crippen molar-refractivity contribution in [2.45, 2.75) is 25.3 Å². The minimum atomic E-state index is 0.590. The fourth-order valence-corrected chi connectivity index (χ4v) is 4.55. The number of aromatic nitrogens is 3. The molecule has 0 aromatic carbocycles. The van der Waals surface area contributed by atoms with Crippen LogP contribution in [0.2, 0.25) is 0 Å². The Morgan fingerprint density at radius 3 is 2.88 bits per heavy atom. The highest BCUT2D eigenvalue weighted by Crippen LogP contribution is 2.41. The number of rotatable bonds is 5. The summed E-state index contributed by atoms with van der Waals surface area (Å²) in [6, 6.07) is 2.67. The summed E-state index contributed by atoms with van der Waals surface area (Å²) in [5.41, 5.74) is 0.925. The van der Waals surface area contributed by atoms with Gasteiger partial charge in [-0.15, -0.1) is 0 Å². The van der Waals surface area contributed by atoms with E-state index in [2.05, 4.69) is 42.9 Å². The maximum absolute atomic E-state index is 4.55. The Morgan fingerprint density at radius 2 is 2.12 bits per heavy atom. The van der Waals surface area contributed by atoms with Gasteiger partial charge in [0.1, 0.15) is 17.8 Å². The van der Waals surface area contributed by atoms with Crippen molar-refractivity contribution in [1.29, 1.82) is 0 Å². The highest BCUT2D eigenvalue weighted by atomic mass is 15.2. The van der Waals surface area contributed by atoms with Crippen LogP contribution in [0.4, 0.5) is 5.82 Å². The fourth-order valence-electron chi connectivity index (χ4n) is 4.55. The van der Waals surface area contributed by atoms with E-state index in [0.29, 0.717) is 6.04 Å². The van der Waals surface area contributed by atoms with Gasteiger partial charge in [0, 0.05) is 46.0 Å². The van der Waals surface area contributed by atoms with E-state index >= 15 is 0 Å². The first-order valence-electron chi connectivity index (χ1n) is 8.90. The number of anilines is 1. The van der Waals surface area contributed by atoms with Gasteiger partial charge >= 0.3 is 0 Å². The normalized spacial score (nSPS) is 27.3. The molecule has 0 spiro atoms. The molecule has 3 atom stereocenters. The summed E-state index contributed by atoms with van der Waals surface area (Å²) in [5.74, 6) is 2.72. The molecule has 6 heteroatoms. The summed E-state index contributed by atoms with van der Waals surface area (Å²) in [6.07, 6.45) is 9.26. The van der Waals surface area contributed by atoms with Gasteiger partial charge in [-0.2, -0.15) is 0 Å². The quantitative estimate of drug-likeness (QED) is 0.856. The summed E-state index contributed by atoms with van der Waals surface area (Å²) >= 11 is 0. The second kappa shape index (κ2) is 6.51. The molecule has 0 unspecified atom stereocenters. The summed E-state index contributed by atoms with van der Waals surface area (Å²) in [6.45, 7) is 3.65. The van der Waals surface area contributed by atoms with Crippen LogP contribution in [0.1, 0.15) is 19.3 Å². The Bertz CT molecular complexity index is 709. The topological polar surface area (TPSA) is 60.4 Å². The van der Waals surface area contributed by atoms with Gasteiger partial charge in [-0.3, -0.25) is 0 Å². The predicted molar refractivity (Wildman–Crippen MR) is 97.8 cm³/mol. The maximum atomic E-state index is 4.55. The molecule has 2 fully saturated rings. The standard InChI is InChI=1S/C18H26N6/c1-19-5-3-7-24-10-13-8-15(9-14(13)11-24)23(2)18-16-4-6-20-17(16)21-12-22-18/h4-6,12-15H,3,7-11H2,1-2H3,(H,20,21,22)/b19-5+/t13-,14+,15-. The van der Waals surface area contributed by atoms with E-state index in [1.165, 1.54) is 25.9 Å². The Morgan fingerprint density at radius 1 is 1.33 bits per heavy atom. The van der Waals surface area contributed by atoms with Crippen LogP contribution < -0.4 is 4.90 Å². The Balaban J connectivity index is 1.41. The van der Waals surface area contributed by atoms with E-state index < -0.39 is 0 Å². The van der Waals surface area contributed by atoms with Crippen LogP contribution in [0.5, 0.6) is 0 Å². The molecule has 2 aromatic rings. The summed E-state index contributed by atoms with van der Waals surface area (Å²) in [4.78, 5) is 21.1.